The van der Waals surface area contributed by atoms with E-state index in [9.17, 15) is 18.3 Å². The maximum absolute atomic E-state index is 12.8. The number of alkyl halides is 3. The van der Waals surface area contributed by atoms with Gasteiger partial charge in [0, 0.05) is 11.1 Å². The second kappa shape index (κ2) is 3.42. The molecule has 1 aromatic carbocycles. The first-order valence-corrected chi connectivity index (χ1v) is 5.02. The van der Waals surface area contributed by atoms with E-state index in [1.54, 1.807) is 0 Å². The van der Waals surface area contributed by atoms with Crippen molar-refractivity contribution < 1.29 is 23.0 Å². The van der Waals surface area contributed by atoms with Gasteiger partial charge in [0.05, 0.1) is 0 Å². The van der Waals surface area contributed by atoms with Gasteiger partial charge in [0.15, 0.2) is 0 Å². The molecule has 0 amide bonds. The molecule has 1 N–H and O–H groups in total. The molecule has 0 radical (unpaired) electrons. The highest BCUT2D eigenvalue weighted by Gasteiger charge is 2.53. The summed E-state index contributed by atoms with van der Waals surface area (Å²) in [6, 6.07) is 2.95. The molecule has 0 saturated carbocycles. The first-order valence-electron chi connectivity index (χ1n) is 5.02. The average molecular weight is 244 g/mol. The third-order valence-corrected chi connectivity index (χ3v) is 2.87. The number of fused-ring (bicyclic) bond motifs is 1. The summed E-state index contributed by atoms with van der Waals surface area (Å²) in [5.41, 5.74) is -1.51. The summed E-state index contributed by atoms with van der Waals surface area (Å²) in [4.78, 5) is 0. The lowest BCUT2D eigenvalue weighted by Gasteiger charge is -2.34. The molecule has 1 atom stereocenters. The molecule has 2 nitrogen and oxygen atoms in total. The fourth-order valence-electron chi connectivity index (χ4n) is 1.62. The van der Waals surface area contributed by atoms with Crippen LogP contribution in [-0.4, -0.2) is 16.9 Å². The minimum Gasteiger partial charge on any atom is -0.508 e. The lowest BCUT2D eigenvalue weighted by molar-refractivity contribution is -0.223. The van der Waals surface area contributed by atoms with Crippen molar-refractivity contribution in [3.05, 3.63) is 29.3 Å². The Morgan fingerprint density at radius 2 is 1.94 bits per heavy atom. The van der Waals surface area contributed by atoms with Crippen LogP contribution in [0.5, 0.6) is 11.5 Å². The van der Waals surface area contributed by atoms with E-state index in [0.717, 1.165) is 13.0 Å². The zero-order valence-corrected chi connectivity index (χ0v) is 9.30. The van der Waals surface area contributed by atoms with Gasteiger partial charge >= 0.3 is 6.18 Å². The van der Waals surface area contributed by atoms with Crippen molar-refractivity contribution in [2.45, 2.75) is 25.6 Å². The Hall–Kier alpha value is -1.65. The number of phenols is 1. The molecule has 1 aliphatic rings. The molecule has 0 aromatic heterocycles. The minimum atomic E-state index is -4.50. The van der Waals surface area contributed by atoms with Crippen LogP contribution in [0.1, 0.15) is 18.1 Å². The standard InChI is InChI=1S/C12H11F3O2/c1-7-9(16)4-3-8-5-6-11(2,12(13,14)15)17-10(7)8/h3-6,16H,1-2H3. The number of aromatic hydroxyl groups is 1. The summed E-state index contributed by atoms with van der Waals surface area (Å²) in [5.74, 6) is -0.00380. The van der Waals surface area contributed by atoms with Crippen LogP contribution in [0.2, 0.25) is 0 Å². The van der Waals surface area contributed by atoms with Crippen LogP contribution in [-0.2, 0) is 0 Å². The number of benzene rings is 1. The van der Waals surface area contributed by atoms with Crippen molar-refractivity contribution in [2.24, 2.45) is 0 Å². The summed E-state index contributed by atoms with van der Waals surface area (Å²) in [5, 5.41) is 9.46. The lowest BCUT2D eigenvalue weighted by atomic mass is 9.98. The summed E-state index contributed by atoms with van der Waals surface area (Å²) in [6.45, 7) is 2.47. The molecule has 17 heavy (non-hydrogen) atoms. The predicted molar refractivity (Wildman–Crippen MR) is 57.0 cm³/mol. The highest BCUT2D eigenvalue weighted by Crippen LogP contribution is 2.43. The van der Waals surface area contributed by atoms with E-state index in [-0.39, 0.29) is 11.5 Å². The Morgan fingerprint density at radius 3 is 2.53 bits per heavy atom. The smallest absolute Gasteiger partial charge is 0.431 e. The minimum absolute atomic E-state index is 0.0762. The van der Waals surface area contributed by atoms with Crippen molar-refractivity contribution in [1.29, 1.82) is 0 Å². The van der Waals surface area contributed by atoms with E-state index < -0.39 is 11.8 Å². The quantitative estimate of drug-likeness (QED) is 0.757. The molecule has 1 heterocycles. The normalized spacial score (nSPS) is 23.1. The van der Waals surface area contributed by atoms with Gasteiger partial charge in [0.1, 0.15) is 11.5 Å². The van der Waals surface area contributed by atoms with E-state index in [1.165, 1.54) is 25.1 Å². The molecule has 1 aliphatic heterocycles. The number of rotatable bonds is 0. The first-order chi connectivity index (χ1) is 7.74. The van der Waals surface area contributed by atoms with Gasteiger partial charge in [-0.05, 0) is 32.1 Å². The first kappa shape index (κ1) is 11.8. The molecule has 5 heteroatoms. The maximum atomic E-state index is 12.8. The molecule has 0 aliphatic carbocycles. The zero-order chi connectivity index (χ0) is 12.8. The van der Waals surface area contributed by atoms with E-state index in [4.69, 9.17) is 4.74 Å². The molecule has 0 fully saturated rings. The molecular formula is C12H11F3O2. The molecule has 0 spiro atoms. The van der Waals surface area contributed by atoms with Crippen LogP contribution in [0.15, 0.2) is 18.2 Å². The van der Waals surface area contributed by atoms with Crippen molar-refractivity contribution in [1.82, 2.24) is 0 Å². The van der Waals surface area contributed by atoms with Gasteiger partial charge in [0.25, 0.3) is 0 Å². The topological polar surface area (TPSA) is 29.5 Å². The summed E-state index contributed by atoms with van der Waals surface area (Å²) >= 11 is 0. The van der Waals surface area contributed by atoms with Crippen molar-refractivity contribution in [3.63, 3.8) is 0 Å². The number of phenolic OH excluding ortho intramolecular Hbond substituents is 1. The van der Waals surface area contributed by atoms with Gasteiger partial charge in [0.2, 0.25) is 5.60 Å². The van der Waals surface area contributed by atoms with Crippen molar-refractivity contribution >= 4 is 6.08 Å². The van der Waals surface area contributed by atoms with Crippen molar-refractivity contribution in [3.8, 4) is 11.5 Å². The van der Waals surface area contributed by atoms with Gasteiger partial charge in [-0.3, -0.25) is 0 Å². The number of hydrogen-bond acceptors (Lipinski definition) is 2. The lowest BCUT2D eigenvalue weighted by Crippen LogP contribution is -2.47. The third-order valence-electron chi connectivity index (χ3n) is 2.87. The Labute approximate surface area is 96.3 Å². The largest absolute Gasteiger partial charge is 0.508 e. The molecule has 0 bridgehead atoms. The van der Waals surface area contributed by atoms with Crippen LogP contribution in [0.25, 0.3) is 6.08 Å². The predicted octanol–water partition coefficient (Wildman–Crippen LogP) is 3.43. The van der Waals surface area contributed by atoms with Crippen LogP contribution in [0.3, 0.4) is 0 Å². The second-order valence-corrected chi connectivity index (χ2v) is 4.17. The second-order valence-electron chi connectivity index (χ2n) is 4.17. The highest BCUT2D eigenvalue weighted by molar-refractivity contribution is 5.65. The highest BCUT2D eigenvalue weighted by atomic mass is 19.4. The van der Waals surface area contributed by atoms with Gasteiger partial charge in [-0.15, -0.1) is 0 Å². The molecule has 1 unspecified atom stereocenters. The van der Waals surface area contributed by atoms with E-state index in [0.29, 0.717) is 11.1 Å². The SMILES string of the molecule is Cc1c(O)ccc2c1OC(C)(C(F)(F)F)C=C2. The Kier molecular flexibility index (Phi) is 2.38. The summed E-state index contributed by atoms with van der Waals surface area (Å²) < 4.78 is 43.5. The van der Waals surface area contributed by atoms with E-state index in [1.807, 2.05) is 0 Å². The Bertz CT molecular complexity index is 491. The summed E-state index contributed by atoms with van der Waals surface area (Å²) in [7, 11) is 0. The Morgan fingerprint density at radius 1 is 1.29 bits per heavy atom. The molecule has 2 rings (SSSR count). The van der Waals surface area contributed by atoms with Gasteiger partial charge in [-0.2, -0.15) is 13.2 Å². The fourth-order valence-corrected chi connectivity index (χ4v) is 1.62. The van der Waals surface area contributed by atoms with E-state index >= 15 is 0 Å². The van der Waals surface area contributed by atoms with Gasteiger partial charge in [-0.25, -0.2) is 0 Å². The van der Waals surface area contributed by atoms with Crippen LogP contribution >= 0.6 is 0 Å². The van der Waals surface area contributed by atoms with E-state index in [2.05, 4.69) is 0 Å². The van der Waals surface area contributed by atoms with Crippen LogP contribution in [0, 0.1) is 6.92 Å². The number of halogens is 3. The Balaban J connectivity index is 2.53. The molecule has 92 valence electrons. The third kappa shape index (κ3) is 1.75. The maximum Gasteiger partial charge on any atom is 0.431 e. The monoisotopic (exact) mass is 244 g/mol. The molecule has 0 saturated heterocycles. The number of ether oxygens (including phenoxy) is 1. The molecule has 1 aromatic rings. The van der Waals surface area contributed by atoms with Crippen LogP contribution in [0.4, 0.5) is 13.2 Å². The average Bonchev–Trinajstić information content (AvgIpc) is 2.23. The fraction of sp³-hybridized carbons (Fsp3) is 0.333. The molecular weight excluding hydrogens is 233 g/mol. The van der Waals surface area contributed by atoms with Crippen LogP contribution < -0.4 is 4.74 Å². The number of hydrogen-bond donors (Lipinski definition) is 1. The van der Waals surface area contributed by atoms with Gasteiger partial charge in [-0.1, -0.05) is 6.08 Å². The zero-order valence-electron chi connectivity index (χ0n) is 9.30. The van der Waals surface area contributed by atoms with Crippen molar-refractivity contribution in [2.75, 3.05) is 0 Å². The summed E-state index contributed by atoms with van der Waals surface area (Å²) in [6.07, 6.45) is -2.16. The van der Waals surface area contributed by atoms with Gasteiger partial charge < -0.3 is 9.84 Å².